The molecule has 8 heteroatoms. The second kappa shape index (κ2) is 7.18. The fraction of sp³-hybridized carbons (Fsp3) is 0.300. The monoisotopic (exact) mass is 388 g/mol. The maximum Gasteiger partial charge on any atom is 0.449 e. The zero-order valence-corrected chi connectivity index (χ0v) is 15.1. The molecule has 2 aromatic carbocycles. The van der Waals surface area contributed by atoms with Crippen molar-refractivity contribution in [2.24, 2.45) is 0 Å². The summed E-state index contributed by atoms with van der Waals surface area (Å²) in [6.45, 7) is 1.86. The van der Waals surface area contributed by atoms with Gasteiger partial charge >= 0.3 is 6.18 Å². The molecule has 0 unspecified atom stereocenters. The SMILES string of the molecule is O=C(Cn1c(C(F)(F)F)nc2ccccc21)N1CCN(c2ccccc2)CC1. The van der Waals surface area contributed by atoms with E-state index in [9.17, 15) is 18.0 Å². The Morgan fingerprint density at radius 3 is 2.25 bits per heavy atom. The molecule has 0 spiro atoms. The highest BCUT2D eigenvalue weighted by Crippen LogP contribution is 2.31. The van der Waals surface area contributed by atoms with Gasteiger partial charge < -0.3 is 14.4 Å². The van der Waals surface area contributed by atoms with Gasteiger partial charge in [-0.25, -0.2) is 4.98 Å². The number of rotatable bonds is 3. The van der Waals surface area contributed by atoms with Crippen LogP contribution in [0.25, 0.3) is 11.0 Å². The van der Waals surface area contributed by atoms with Crippen LogP contribution in [0.5, 0.6) is 0 Å². The summed E-state index contributed by atoms with van der Waals surface area (Å²) in [5.74, 6) is -1.37. The zero-order chi connectivity index (χ0) is 19.7. The van der Waals surface area contributed by atoms with Crippen molar-refractivity contribution in [1.82, 2.24) is 14.5 Å². The average molecular weight is 388 g/mol. The largest absolute Gasteiger partial charge is 0.449 e. The van der Waals surface area contributed by atoms with Gasteiger partial charge in [-0.1, -0.05) is 30.3 Å². The lowest BCUT2D eigenvalue weighted by molar-refractivity contribution is -0.148. The number of hydrogen-bond donors (Lipinski definition) is 0. The van der Waals surface area contributed by atoms with E-state index in [4.69, 9.17) is 0 Å². The number of alkyl halides is 3. The van der Waals surface area contributed by atoms with Crippen LogP contribution in [-0.2, 0) is 17.5 Å². The normalized spacial score (nSPS) is 15.2. The number of aromatic nitrogens is 2. The lowest BCUT2D eigenvalue weighted by Gasteiger charge is -2.36. The van der Waals surface area contributed by atoms with E-state index in [0.29, 0.717) is 31.7 Å². The van der Waals surface area contributed by atoms with Gasteiger partial charge in [-0.15, -0.1) is 0 Å². The highest BCUT2D eigenvalue weighted by Gasteiger charge is 2.38. The minimum atomic E-state index is -4.62. The first-order valence-corrected chi connectivity index (χ1v) is 9.04. The molecule has 1 aliphatic heterocycles. The van der Waals surface area contributed by atoms with E-state index in [-0.39, 0.29) is 18.0 Å². The molecular formula is C20H19F3N4O. The number of nitrogens with zero attached hydrogens (tertiary/aromatic N) is 4. The summed E-state index contributed by atoms with van der Waals surface area (Å²) in [5.41, 5.74) is 1.62. The molecule has 0 radical (unpaired) electrons. The van der Waals surface area contributed by atoms with Gasteiger partial charge in [0.05, 0.1) is 11.0 Å². The Hall–Kier alpha value is -3.03. The van der Waals surface area contributed by atoms with Crippen LogP contribution in [0.15, 0.2) is 54.6 Å². The summed E-state index contributed by atoms with van der Waals surface area (Å²) in [6.07, 6.45) is -4.62. The molecule has 0 N–H and O–H groups in total. The molecule has 5 nitrogen and oxygen atoms in total. The Morgan fingerprint density at radius 2 is 1.57 bits per heavy atom. The molecule has 1 aliphatic rings. The predicted octanol–water partition coefficient (Wildman–Crippen LogP) is 3.40. The second-order valence-corrected chi connectivity index (χ2v) is 6.71. The molecule has 4 rings (SSSR count). The molecule has 28 heavy (non-hydrogen) atoms. The number of piperazine rings is 1. The number of halogens is 3. The Kier molecular flexibility index (Phi) is 4.70. The average Bonchev–Trinajstić information content (AvgIpc) is 3.08. The summed E-state index contributed by atoms with van der Waals surface area (Å²) >= 11 is 0. The lowest BCUT2D eigenvalue weighted by atomic mass is 10.2. The van der Waals surface area contributed by atoms with Crippen molar-refractivity contribution in [3.63, 3.8) is 0 Å². The number of carbonyl (C=O) groups is 1. The number of imidazole rings is 1. The number of fused-ring (bicyclic) bond motifs is 1. The second-order valence-electron chi connectivity index (χ2n) is 6.71. The van der Waals surface area contributed by atoms with Gasteiger partial charge in [-0.3, -0.25) is 4.79 Å². The molecule has 0 aliphatic carbocycles. The van der Waals surface area contributed by atoms with Gasteiger partial charge in [0.15, 0.2) is 0 Å². The molecule has 1 amide bonds. The molecule has 0 saturated carbocycles. The third kappa shape index (κ3) is 3.54. The highest BCUT2D eigenvalue weighted by molar-refractivity contribution is 5.81. The molecule has 1 fully saturated rings. The first kappa shape index (κ1) is 18.3. The van der Waals surface area contributed by atoms with Crippen LogP contribution in [0.2, 0.25) is 0 Å². The Balaban J connectivity index is 1.50. The topological polar surface area (TPSA) is 41.4 Å². The summed E-state index contributed by atoms with van der Waals surface area (Å²) in [5, 5.41) is 0. The Morgan fingerprint density at radius 1 is 0.929 bits per heavy atom. The third-order valence-corrected chi connectivity index (χ3v) is 4.96. The zero-order valence-electron chi connectivity index (χ0n) is 15.1. The first-order valence-electron chi connectivity index (χ1n) is 9.04. The maximum absolute atomic E-state index is 13.4. The lowest BCUT2D eigenvalue weighted by Crippen LogP contribution is -2.49. The smallest absolute Gasteiger partial charge is 0.368 e. The van der Waals surface area contributed by atoms with Crippen molar-refractivity contribution in [3.05, 3.63) is 60.4 Å². The van der Waals surface area contributed by atoms with E-state index >= 15 is 0 Å². The van der Waals surface area contributed by atoms with Gasteiger partial charge in [0.25, 0.3) is 0 Å². The van der Waals surface area contributed by atoms with E-state index in [1.54, 1.807) is 23.1 Å². The number of carbonyl (C=O) groups excluding carboxylic acids is 1. The van der Waals surface area contributed by atoms with E-state index in [2.05, 4.69) is 9.88 Å². The van der Waals surface area contributed by atoms with Crippen molar-refractivity contribution >= 4 is 22.6 Å². The number of para-hydroxylation sites is 3. The van der Waals surface area contributed by atoms with Gasteiger partial charge in [0.2, 0.25) is 11.7 Å². The number of amides is 1. The van der Waals surface area contributed by atoms with Crippen LogP contribution in [-0.4, -0.2) is 46.5 Å². The van der Waals surface area contributed by atoms with E-state index in [0.717, 1.165) is 10.3 Å². The summed E-state index contributed by atoms with van der Waals surface area (Å²) in [7, 11) is 0. The highest BCUT2D eigenvalue weighted by atomic mass is 19.4. The van der Waals surface area contributed by atoms with E-state index < -0.39 is 12.0 Å². The summed E-state index contributed by atoms with van der Waals surface area (Å²) < 4.78 is 41.2. The molecule has 3 aromatic rings. The van der Waals surface area contributed by atoms with Gasteiger partial charge in [-0.2, -0.15) is 13.2 Å². The predicted molar refractivity (Wildman–Crippen MR) is 100.0 cm³/mol. The Labute approximate surface area is 160 Å². The van der Waals surface area contributed by atoms with Crippen molar-refractivity contribution < 1.29 is 18.0 Å². The molecule has 1 aromatic heterocycles. The number of hydrogen-bond acceptors (Lipinski definition) is 3. The van der Waals surface area contributed by atoms with Crippen LogP contribution < -0.4 is 4.90 Å². The van der Waals surface area contributed by atoms with Crippen LogP contribution >= 0.6 is 0 Å². The van der Waals surface area contributed by atoms with Crippen molar-refractivity contribution in [2.75, 3.05) is 31.1 Å². The maximum atomic E-state index is 13.4. The van der Waals surface area contributed by atoms with E-state index in [1.807, 2.05) is 30.3 Å². The van der Waals surface area contributed by atoms with Gasteiger partial charge in [0, 0.05) is 31.9 Å². The third-order valence-electron chi connectivity index (χ3n) is 4.96. The molecule has 0 atom stereocenters. The summed E-state index contributed by atoms with van der Waals surface area (Å²) in [6, 6.07) is 16.2. The Bertz CT molecular complexity index is 976. The van der Waals surface area contributed by atoms with Crippen LogP contribution in [0.1, 0.15) is 5.82 Å². The van der Waals surface area contributed by atoms with Crippen LogP contribution in [0, 0.1) is 0 Å². The molecule has 0 bridgehead atoms. The molecular weight excluding hydrogens is 369 g/mol. The quantitative estimate of drug-likeness (QED) is 0.691. The van der Waals surface area contributed by atoms with Crippen molar-refractivity contribution in [1.29, 1.82) is 0 Å². The minimum absolute atomic E-state index is 0.233. The number of anilines is 1. The van der Waals surface area contributed by atoms with Crippen LogP contribution in [0.3, 0.4) is 0 Å². The van der Waals surface area contributed by atoms with Crippen molar-refractivity contribution in [2.45, 2.75) is 12.7 Å². The molecule has 1 saturated heterocycles. The standard InChI is InChI=1S/C20H19F3N4O/c21-20(22,23)19-24-16-8-4-5-9-17(16)27(19)14-18(28)26-12-10-25(11-13-26)15-6-2-1-3-7-15/h1-9H,10-14H2. The fourth-order valence-electron chi connectivity index (χ4n) is 3.54. The molecule has 2 heterocycles. The fourth-order valence-corrected chi connectivity index (χ4v) is 3.54. The van der Waals surface area contributed by atoms with Gasteiger partial charge in [-0.05, 0) is 24.3 Å². The number of benzene rings is 2. The summed E-state index contributed by atoms with van der Waals surface area (Å²) in [4.78, 5) is 20.2. The van der Waals surface area contributed by atoms with Crippen LogP contribution in [0.4, 0.5) is 18.9 Å². The minimum Gasteiger partial charge on any atom is -0.368 e. The van der Waals surface area contributed by atoms with Gasteiger partial charge in [0.1, 0.15) is 6.54 Å². The molecule has 146 valence electrons. The van der Waals surface area contributed by atoms with Crippen molar-refractivity contribution in [3.8, 4) is 0 Å². The van der Waals surface area contributed by atoms with E-state index in [1.165, 1.54) is 6.07 Å². The first-order chi connectivity index (χ1) is 13.4.